The second-order valence-electron chi connectivity index (χ2n) is 15.2. The fourth-order valence-electron chi connectivity index (χ4n) is 10.1. The Morgan fingerprint density at radius 1 is 0.904 bits per heavy atom. The van der Waals surface area contributed by atoms with E-state index in [9.17, 15) is 9.59 Å². The quantitative estimate of drug-likeness (QED) is 0.0767. The van der Waals surface area contributed by atoms with Gasteiger partial charge < -0.3 is 19.5 Å². The molecule has 1 amide bonds. The van der Waals surface area contributed by atoms with Crippen molar-refractivity contribution in [1.29, 1.82) is 0 Å². The first-order valence-corrected chi connectivity index (χ1v) is 18.6. The van der Waals surface area contributed by atoms with Crippen LogP contribution >= 0.6 is 0 Å². The van der Waals surface area contributed by atoms with Crippen molar-refractivity contribution >= 4 is 24.0 Å². The predicted octanol–water partition coefficient (Wildman–Crippen LogP) is 7.00. The fourth-order valence-corrected chi connectivity index (χ4v) is 10.1. The highest BCUT2D eigenvalue weighted by atomic mass is 16.6. The molecule has 7 nitrogen and oxygen atoms in total. The van der Waals surface area contributed by atoms with Gasteiger partial charge in [-0.15, -0.1) is 0 Å². The first-order chi connectivity index (χ1) is 25.5. The van der Waals surface area contributed by atoms with Crippen molar-refractivity contribution in [1.82, 2.24) is 10.2 Å². The van der Waals surface area contributed by atoms with Gasteiger partial charge in [0.2, 0.25) is 5.91 Å². The minimum Gasteiger partial charge on any atom is -0.482 e. The molecule has 0 aromatic heterocycles. The summed E-state index contributed by atoms with van der Waals surface area (Å²) in [7, 11) is 1.72. The molecule has 4 bridgehead atoms. The molecule has 2 heterocycles. The highest BCUT2D eigenvalue weighted by Gasteiger charge is 2.79. The number of hydrogen-bond acceptors (Lipinski definition) is 6. The SMILES string of the molecule is CO[C@]12C=C[C@@]3(CC1NC(=O)C=CC=Cc1ccccc1)[C@H]1Cc4ccc(OC(=O)C=CC=Cc5ccccc5)c5c4[C@@]3(CCN1CC1CC1)C2O5. The van der Waals surface area contributed by atoms with Gasteiger partial charge in [-0.2, -0.15) is 0 Å². The summed E-state index contributed by atoms with van der Waals surface area (Å²) in [5.41, 5.74) is 2.97. The van der Waals surface area contributed by atoms with Crippen molar-refractivity contribution in [3.63, 3.8) is 0 Å². The van der Waals surface area contributed by atoms with Gasteiger partial charge in [-0.25, -0.2) is 4.79 Å². The number of allylic oxidation sites excluding steroid dienone is 4. The van der Waals surface area contributed by atoms with Crippen molar-refractivity contribution in [2.75, 3.05) is 20.2 Å². The van der Waals surface area contributed by atoms with Crippen LogP contribution < -0.4 is 14.8 Å². The number of piperidine rings is 1. The molecule has 2 aliphatic heterocycles. The topological polar surface area (TPSA) is 77.1 Å². The minimum atomic E-state index is -0.911. The Morgan fingerprint density at radius 3 is 2.31 bits per heavy atom. The van der Waals surface area contributed by atoms with Gasteiger partial charge in [0, 0.05) is 42.8 Å². The van der Waals surface area contributed by atoms with E-state index in [0.717, 1.165) is 49.4 Å². The Morgan fingerprint density at radius 2 is 1.62 bits per heavy atom. The molecule has 7 aliphatic rings. The molecule has 0 radical (unpaired) electrons. The summed E-state index contributed by atoms with van der Waals surface area (Å²) in [6, 6.07) is 24.0. The average Bonchev–Trinajstić information content (AvgIpc) is 3.91. The number of carbonyl (C=O) groups is 2. The van der Waals surface area contributed by atoms with E-state index in [1.54, 1.807) is 25.3 Å². The molecule has 1 saturated heterocycles. The third-order valence-corrected chi connectivity index (χ3v) is 12.5. The molecule has 2 saturated carbocycles. The van der Waals surface area contributed by atoms with Crippen molar-refractivity contribution in [2.45, 2.75) is 61.3 Å². The molecule has 6 atom stereocenters. The number of nitrogens with one attached hydrogen (secondary N) is 1. The number of hydrogen-bond donors (Lipinski definition) is 1. The molecule has 264 valence electrons. The van der Waals surface area contributed by atoms with Crippen LogP contribution in [0.3, 0.4) is 0 Å². The number of esters is 1. The molecule has 10 rings (SSSR count). The maximum atomic E-state index is 13.6. The number of rotatable bonds is 11. The lowest BCUT2D eigenvalue weighted by Gasteiger charge is -2.71. The van der Waals surface area contributed by atoms with Crippen molar-refractivity contribution < 1.29 is 23.8 Å². The number of carbonyl (C=O) groups excluding carboxylic acids is 2. The minimum absolute atomic E-state index is 0.166. The molecule has 1 N–H and O–H groups in total. The summed E-state index contributed by atoms with van der Waals surface area (Å²) in [5.74, 6) is 1.20. The highest BCUT2D eigenvalue weighted by molar-refractivity contribution is 5.88. The summed E-state index contributed by atoms with van der Waals surface area (Å²) >= 11 is 0. The van der Waals surface area contributed by atoms with E-state index < -0.39 is 17.7 Å². The monoisotopic (exact) mass is 692 g/mol. The summed E-state index contributed by atoms with van der Waals surface area (Å²) in [4.78, 5) is 29.5. The summed E-state index contributed by atoms with van der Waals surface area (Å²) in [5, 5.41) is 3.37. The molecule has 3 aromatic carbocycles. The summed E-state index contributed by atoms with van der Waals surface area (Å²) < 4.78 is 19.7. The third-order valence-electron chi connectivity index (χ3n) is 12.5. The molecule has 2 unspecified atom stereocenters. The maximum absolute atomic E-state index is 13.6. The first-order valence-electron chi connectivity index (χ1n) is 18.6. The third kappa shape index (κ3) is 5.24. The molecule has 3 fully saturated rings. The number of fused-ring (bicyclic) bond motifs is 1. The molecule has 3 aromatic rings. The van der Waals surface area contributed by atoms with E-state index in [0.29, 0.717) is 11.5 Å². The molecule has 5 aliphatic carbocycles. The van der Waals surface area contributed by atoms with Crippen LogP contribution in [0.15, 0.2) is 121 Å². The zero-order chi connectivity index (χ0) is 35.3. The van der Waals surface area contributed by atoms with Gasteiger partial charge in [0.15, 0.2) is 11.5 Å². The van der Waals surface area contributed by atoms with Crippen LogP contribution in [0, 0.1) is 11.3 Å². The highest BCUT2D eigenvalue weighted by Crippen LogP contribution is 2.73. The average molecular weight is 693 g/mol. The Balaban J connectivity index is 1.04. The van der Waals surface area contributed by atoms with Gasteiger partial charge in [-0.3, -0.25) is 9.69 Å². The van der Waals surface area contributed by atoms with Gasteiger partial charge in [0.1, 0.15) is 11.7 Å². The fraction of sp³-hybridized carbons (Fsp3) is 0.333. The Labute approximate surface area is 305 Å². The number of methoxy groups -OCH3 is 1. The van der Waals surface area contributed by atoms with Gasteiger partial charge in [-0.05, 0) is 67.3 Å². The number of nitrogens with zero attached hydrogens (tertiary/aromatic N) is 1. The number of ether oxygens (including phenoxy) is 3. The summed E-state index contributed by atoms with van der Waals surface area (Å²) in [6.45, 7) is 2.08. The first kappa shape index (κ1) is 32.9. The van der Waals surface area contributed by atoms with Gasteiger partial charge in [-0.1, -0.05) is 115 Å². The van der Waals surface area contributed by atoms with Gasteiger partial charge >= 0.3 is 5.97 Å². The maximum Gasteiger partial charge on any atom is 0.336 e. The molecular formula is C45H44N2O5. The van der Waals surface area contributed by atoms with E-state index in [1.165, 1.54) is 30.0 Å². The number of amides is 1. The second kappa shape index (κ2) is 12.9. The Hall–Kier alpha value is -4.98. The van der Waals surface area contributed by atoms with E-state index in [1.807, 2.05) is 91.0 Å². The van der Waals surface area contributed by atoms with Crippen LogP contribution in [0.4, 0.5) is 0 Å². The summed E-state index contributed by atoms with van der Waals surface area (Å²) in [6.07, 6.45) is 23.5. The van der Waals surface area contributed by atoms with Crippen LogP contribution in [0.5, 0.6) is 11.5 Å². The van der Waals surface area contributed by atoms with Crippen LogP contribution in [0.1, 0.15) is 47.9 Å². The largest absolute Gasteiger partial charge is 0.482 e. The van der Waals surface area contributed by atoms with E-state index in [-0.39, 0.29) is 28.8 Å². The van der Waals surface area contributed by atoms with Crippen molar-refractivity contribution in [2.24, 2.45) is 11.3 Å². The zero-order valence-electron chi connectivity index (χ0n) is 29.4. The Bertz CT molecular complexity index is 2030. The smallest absolute Gasteiger partial charge is 0.336 e. The second-order valence-corrected chi connectivity index (χ2v) is 15.2. The standard InChI is InChI=1S/C45H44N2O5/c1-50-45-25-24-43(29-36(45)46-38(48)18-10-8-16-31-12-4-2-5-13-31)37-28-34-22-23-35(51-39(49)19-11-9-17-32-14-6-3-7-15-32)41-40(34)44(43,42(45)52-41)26-27-47(37)30-33-20-21-33/h2-19,22-25,33,36-37,42H,20-21,26-30H2,1H3,(H,46,48)/t36?,37-,42?,43-,44+,45-/m1/s1. The molecule has 2 spiro atoms. The number of likely N-dealkylation sites (tertiary alicyclic amines) is 1. The van der Waals surface area contributed by atoms with Crippen molar-refractivity contribution in [3.8, 4) is 11.5 Å². The normalized spacial score (nSPS) is 31.1. The van der Waals surface area contributed by atoms with Crippen molar-refractivity contribution in [3.05, 3.63) is 144 Å². The lowest BCUT2D eigenvalue weighted by Crippen LogP contribution is -2.82. The van der Waals surface area contributed by atoms with Gasteiger partial charge in [0.05, 0.1) is 11.5 Å². The van der Waals surface area contributed by atoms with Crippen LogP contribution in [0.2, 0.25) is 0 Å². The predicted molar refractivity (Wildman–Crippen MR) is 202 cm³/mol. The van der Waals surface area contributed by atoms with E-state index in [4.69, 9.17) is 14.2 Å². The lowest BCUT2D eigenvalue weighted by atomic mass is 9.38. The molecular weight excluding hydrogens is 649 g/mol. The van der Waals surface area contributed by atoms with Crippen LogP contribution in [-0.2, 0) is 26.2 Å². The van der Waals surface area contributed by atoms with Gasteiger partial charge in [0.25, 0.3) is 0 Å². The number of benzene rings is 3. The zero-order valence-corrected chi connectivity index (χ0v) is 29.4. The van der Waals surface area contributed by atoms with E-state index >= 15 is 0 Å². The Kier molecular flexibility index (Phi) is 8.16. The van der Waals surface area contributed by atoms with Crippen LogP contribution in [-0.4, -0.2) is 60.8 Å². The van der Waals surface area contributed by atoms with Crippen LogP contribution in [0.25, 0.3) is 12.2 Å². The molecule has 52 heavy (non-hydrogen) atoms. The lowest BCUT2D eigenvalue weighted by molar-refractivity contribution is -0.203. The van der Waals surface area contributed by atoms with E-state index in [2.05, 4.69) is 28.4 Å². The molecule has 7 heteroatoms.